The van der Waals surface area contributed by atoms with Crippen molar-refractivity contribution >= 4 is 5.91 Å². The Labute approximate surface area is 189 Å². The quantitative estimate of drug-likeness (QED) is 0.601. The van der Waals surface area contributed by atoms with Gasteiger partial charge in [0.1, 0.15) is 11.9 Å². The molecule has 1 aliphatic rings. The number of halogens is 1. The normalized spacial score (nSPS) is 17.1. The second-order valence-electron chi connectivity index (χ2n) is 8.32. The van der Waals surface area contributed by atoms with E-state index in [0.717, 1.165) is 30.8 Å². The van der Waals surface area contributed by atoms with Crippen LogP contribution in [0.3, 0.4) is 0 Å². The van der Waals surface area contributed by atoms with E-state index in [9.17, 15) is 9.18 Å². The average molecular weight is 435 g/mol. The maximum Gasteiger partial charge on any atom is 0.241 e. The van der Waals surface area contributed by atoms with Crippen LogP contribution in [0.5, 0.6) is 0 Å². The summed E-state index contributed by atoms with van der Waals surface area (Å²) in [5, 5.41) is 7.64. The lowest BCUT2D eigenvalue weighted by atomic mass is 9.88. The fourth-order valence-electron chi connectivity index (χ4n) is 5.04. The highest BCUT2D eigenvalue weighted by atomic mass is 19.1. The Bertz CT molecular complexity index is 1080. The first-order valence-corrected chi connectivity index (χ1v) is 11.4. The van der Waals surface area contributed by atoms with Crippen molar-refractivity contribution in [3.63, 3.8) is 0 Å². The number of carbonyl (C=O) groups is 1. The molecular weight excluding hydrogens is 403 g/mol. The SMILES string of the molecule is CCn1nc(C)c2c1CCN([C@@H](C(=O)NC)c1ccccc1)[C@H]2CCc1ccccc1F. The smallest absolute Gasteiger partial charge is 0.241 e. The lowest BCUT2D eigenvalue weighted by molar-refractivity contribution is -0.127. The molecule has 5 nitrogen and oxygen atoms in total. The average Bonchev–Trinajstić information content (AvgIpc) is 3.15. The lowest BCUT2D eigenvalue weighted by Crippen LogP contribution is -2.45. The van der Waals surface area contributed by atoms with E-state index < -0.39 is 6.04 Å². The Morgan fingerprint density at radius 3 is 2.59 bits per heavy atom. The number of aryl methyl sites for hydroxylation is 3. The van der Waals surface area contributed by atoms with Gasteiger partial charge in [0.25, 0.3) is 0 Å². The van der Waals surface area contributed by atoms with Crippen LogP contribution in [0.25, 0.3) is 0 Å². The van der Waals surface area contributed by atoms with Gasteiger partial charge >= 0.3 is 0 Å². The number of benzene rings is 2. The van der Waals surface area contributed by atoms with Gasteiger partial charge in [-0.25, -0.2) is 4.39 Å². The Morgan fingerprint density at radius 1 is 1.19 bits per heavy atom. The van der Waals surface area contributed by atoms with Crippen LogP contribution < -0.4 is 5.32 Å². The molecule has 1 aliphatic heterocycles. The summed E-state index contributed by atoms with van der Waals surface area (Å²) in [6.07, 6.45) is 2.14. The number of hydrogen-bond acceptors (Lipinski definition) is 3. The number of fused-ring (bicyclic) bond motifs is 1. The maximum absolute atomic E-state index is 14.4. The molecule has 0 unspecified atom stereocenters. The highest BCUT2D eigenvalue weighted by Gasteiger charge is 2.39. The van der Waals surface area contributed by atoms with Crippen LogP contribution in [0.15, 0.2) is 54.6 Å². The van der Waals surface area contributed by atoms with Gasteiger partial charge in [-0.05, 0) is 43.9 Å². The molecule has 1 amide bonds. The molecule has 0 radical (unpaired) electrons. The molecule has 6 heteroatoms. The largest absolute Gasteiger partial charge is 0.358 e. The van der Waals surface area contributed by atoms with Crippen molar-refractivity contribution in [1.82, 2.24) is 20.0 Å². The first-order chi connectivity index (χ1) is 15.5. The van der Waals surface area contributed by atoms with Crippen LogP contribution in [0.4, 0.5) is 4.39 Å². The van der Waals surface area contributed by atoms with Crippen molar-refractivity contribution in [1.29, 1.82) is 0 Å². The number of carbonyl (C=O) groups excluding carboxylic acids is 1. The minimum atomic E-state index is -0.413. The third kappa shape index (κ3) is 4.19. The minimum absolute atomic E-state index is 0.0267. The van der Waals surface area contributed by atoms with Gasteiger partial charge in [-0.15, -0.1) is 0 Å². The number of likely N-dealkylation sites (N-methyl/N-ethyl adjacent to an activating group) is 1. The van der Waals surface area contributed by atoms with Gasteiger partial charge in [0, 0.05) is 43.9 Å². The molecular formula is C26H31FN4O. The monoisotopic (exact) mass is 434 g/mol. The molecule has 2 heterocycles. The second-order valence-corrected chi connectivity index (χ2v) is 8.32. The molecule has 4 rings (SSSR count). The van der Waals surface area contributed by atoms with E-state index in [1.165, 1.54) is 17.3 Å². The zero-order chi connectivity index (χ0) is 22.7. The summed E-state index contributed by atoms with van der Waals surface area (Å²) in [6.45, 7) is 5.70. The summed E-state index contributed by atoms with van der Waals surface area (Å²) in [7, 11) is 1.68. The van der Waals surface area contributed by atoms with Crippen LogP contribution in [0, 0.1) is 12.7 Å². The van der Waals surface area contributed by atoms with Crippen LogP contribution in [-0.2, 0) is 24.2 Å². The predicted octanol–water partition coefficient (Wildman–Crippen LogP) is 4.37. The zero-order valence-electron chi connectivity index (χ0n) is 19.0. The van der Waals surface area contributed by atoms with E-state index in [1.54, 1.807) is 13.1 Å². The van der Waals surface area contributed by atoms with Crippen molar-refractivity contribution in [3.8, 4) is 0 Å². The highest BCUT2D eigenvalue weighted by molar-refractivity contribution is 5.83. The molecule has 0 saturated carbocycles. The molecule has 2 atom stereocenters. The summed E-state index contributed by atoms with van der Waals surface area (Å²) < 4.78 is 16.5. The van der Waals surface area contributed by atoms with Gasteiger partial charge in [0.2, 0.25) is 5.91 Å². The molecule has 0 aliphatic carbocycles. The van der Waals surface area contributed by atoms with E-state index in [-0.39, 0.29) is 17.8 Å². The standard InChI is InChI=1S/C26H31FN4O/c1-4-31-23-16-17-30(25(26(32)28-3)20-11-6-5-7-12-20)22(24(23)18(2)29-31)15-14-19-10-8-9-13-21(19)27/h5-13,22,25H,4,14-17H2,1-3H3,(H,28,32)/t22-,25+/m0/s1. The van der Waals surface area contributed by atoms with Crippen LogP contribution >= 0.6 is 0 Å². The van der Waals surface area contributed by atoms with E-state index in [1.807, 2.05) is 49.4 Å². The second kappa shape index (κ2) is 9.65. The van der Waals surface area contributed by atoms with Crippen molar-refractivity contribution in [2.24, 2.45) is 0 Å². The molecule has 0 spiro atoms. The number of aromatic nitrogens is 2. The van der Waals surface area contributed by atoms with Crippen molar-refractivity contribution < 1.29 is 9.18 Å². The van der Waals surface area contributed by atoms with Gasteiger partial charge in [0.05, 0.1) is 5.69 Å². The lowest BCUT2D eigenvalue weighted by Gasteiger charge is -2.41. The van der Waals surface area contributed by atoms with Crippen molar-refractivity contribution in [2.75, 3.05) is 13.6 Å². The van der Waals surface area contributed by atoms with Gasteiger partial charge in [-0.2, -0.15) is 5.10 Å². The number of hydrogen-bond donors (Lipinski definition) is 1. The van der Waals surface area contributed by atoms with E-state index in [2.05, 4.69) is 21.8 Å². The zero-order valence-corrected chi connectivity index (χ0v) is 19.0. The summed E-state index contributed by atoms with van der Waals surface area (Å²) in [5.41, 5.74) is 5.10. The molecule has 1 aromatic heterocycles. The molecule has 0 bridgehead atoms. The Hall–Kier alpha value is -2.99. The third-order valence-corrected chi connectivity index (χ3v) is 6.51. The highest BCUT2D eigenvalue weighted by Crippen LogP contribution is 2.40. The molecule has 32 heavy (non-hydrogen) atoms. The molecule has 0 saturated heterocycles. The first-order valence-electron chi connectivity index (χ1n) is 11.4. The van der Waals surface area contributed by atoms with Crippen LogP contribution in [0.2, 0.25) is 0 Å². The first kappa shape index (κ1) is 22.2. The minimum Gasteiger partial charge on any atom is -0.358 e. The summed E-state index contributed by atoms with van der Waals surface area (Å²) in [4.78, 5) is 15.4. The Balaban J connectivity index is 1.76. The number of amides is 1. The number of rotatable bonds is 7. The topological polar surface area (TPSA) is 50.2 Å². The van der Waals surface area contributed by atoms with Gasteiger partial charge in [-0.1, -0.05) is 48.5 Å². The fourth-order valence-corrected chi connectivity index (χ4v) is 5.04. The van der Waals surface area contributed by atoms with Crippen molar-refractivity contribution in [3.05, 3.63) is 88.5 Å². The summed E-state index contributed by atoms with van der Waals surface area (Å²) >= 11 is 0. The summed E-state index contributed by atoms with van der Waals surface area (Å²) in [5.74, 6) is -0.210. The fraction of sp³-hybridized carbons (Fsp3) is 0.385. The Kier molecular flexibility index (Phi) is 6.70. The van der Waals surface area contributed by atoms with E-state index >= 15 is 0 Å². The third-order valence-electron chi connectivity index (χ3n) is 6.51. The van der Waals surface area contributed by atoms with Gasteiger partial charge in [0.15, 0.2) is 0 Å². The van der Waals surface area contributed by atoms with E-state index in [0.29, 0.717) is 18.4 Å². The molecule has 0 fully saturated rings. The van der Waals surface area contributed by atoms with Crippen LogP contribution in [-0.4, -0.2) is 34.2 Å². The molecule has 1 N–H and O–H groups in total. The van der Waals surface area contributed by atoms with Crippen molar-refractivity contribution in [2.45, 2.75) is 51.7 Å². The van der Waals surface area contributed by atoms with Crippen LogP contribution in [0.1, 0.15) is 53.5 Å². The predicted molar refractivity (Wildman–Crippen MR) is 124 cm³/mol. The van der Waals surface area contributed by atoms with E-state index in [4.69, 9.17) is 5.10 Å². The van der Waals surface area contributed by atoms with Gasteiger partial charge in [-0.3, -0.25) is 14.4 Å². The number of nitrogens with one attached hydrogen (secondary N) is 1. The molecule has 168 valence electrons. The van der Waals surface area contributed by atoms with Gasteiger partial charge < -0.3 is 5.32 Å². The number of nitrogens with zero attached hydrogens (tertiary/aromatic N) is 3. The molecule has 2 aromatic carbocycles. The Morgan fingerprint density at radius 2 is 1.91 bits per heavy atom. The maximum atomic E-state index is 14.4. The molecule has 3 aromatic rings. The summed E-state index contributed by atoms with van der Waals surface area (Å²) in [6, 6.07) is 16.4.